The van der Waals surface area contributed by atoms with E-state index in [0.29, 0.717) is 44.1 Å². The van der Waals surface area contributed by atoms with Crippen LogP contribution in [-0.2, 0) is 13.1 Å². The van der Waals surface area contributed by atoms with E-state index >= 15 is 0 Å². The highest BCUT2D eigenvalue weighted by Crippen LogP contribution is 2.43. The molecule has 2 aromatic rings. The van der Waals surface area contributed by atoms with Gasteiger partial charge in [-0.15, -0.1) is 0 Å². The van der Waals surface area contributed by atoms with Gasteiger partial charge in [0.05, 0.1) is 17.8 Å². The van der Waals surface area contributed by atoms with Crippen molar-refractivity contribution in [3.05, 3.63) is 51.9 Å². The zero-order chi connectivity index (χ0) is 21.0. The Bertz CT molecular complexity index is 1030. The van der Waals surface area contributed by atoms with Gasteiger partial charge in [0.15, 0.2) is 11.5 Å². The van der Waals surface area contributed by atoms with Crippen molar-refractivity contribution in [1.29, 1.82) is 0 Å². The Hall–Kier alpha value is -2.38. The van der Waals surface area contributed by atoms with E-state index in [4.69, 9.17) is 9.47 Å². The molecule has 1 aromatic heterocycles. The van der Waals surface area contributed by atoms with Crippen LogP contribution in [0.1, 0.15) is 55.7 Å². The number of aliphatic hydroxyl groups is 1. The monoisotopic (exact) mass is 423 g/mol. The molecule has 31 heavy (non-hydrogen) atoms. The topological polar surface area (TPSA) is 76.8 Å². The van der Waals surface area contributed by atoms with Crippen molar-refractivity contribution < 1.29 is 14.6 Å². The first-order valence-electron chi connectivity index (χ1n) is 11.5. The van der Waals surface area contributed by atoms with Gasteiger partial charge < -0.3 is 14.6 Å². The molecule has 2 atom stereocenters. The van der Waals surface area contributed by atoms with E-state index in [-0.39, 0.29) is 12.1 Å². The van der Waals surface area contributed by atoms with Crippen LogP contribution in [0, 0.1) is 0 Å². The molecule has 3 aliphatic heterocycles. The standard InChI is InChI=1S/C24H29N3O4/c28-23-8-6-20(17-2-3-17)25-27(23)15-24(29)12-18-4-5-19(13-24)26(18)14-16-1-7-21-22(11-16)31-10-9-30-21/h1,6-8,11,17-19,29H,2-5,9-10,12-15H2/t18-,19-/m0/s1. The molecule has 3 fully saturated rings. The van der Waals surface area contributed by atoms with Crippen molar-refractivity contribution in [3.63, 3.8) is 0 Å². The summed E-state index contributed by atoms with van der Waals surface area (Å²) >= 11 is 0. The summed E-state index contributed by atoms with van der Waals surface area (Å²) in [7, 11) is 0. The minimum Gasteiger partial charge on any atom is -0.486 e. The van der Waals surface area contributed by atoms with Gasteiger partial charge in [0.2, 0.25) is 0 Å². The van der Waals surface area contributed by atoms with E-state index in [0.717, 1.165) is 49.4 Å². The third kappa shape index (κ3) is 3.74. The predicted molar refractivity (Wildman–Crippen MR) is 114 cm³/mol. The molecule has 1 aromatic carbocycles. The SMILES string of the molecule is O=c1ccc(C2CC2)nn1CC1(O)C[C@@H]2CC[C@@H](C1)N2Cc1ccc2c(c1)OCCO2. The van der Waals surface area contributed by atoms with Crippen LogP contribution >= 0.6 is 0 Å². The van der Waals surface area contributed by atoms with Crippen LogP contribution in [0.15, 0.2) is 35.1 Å². The van der Waals surface area contributed by atoms with E-state index < -0.39 is 5.60 Å². The van der Waals surface area contributed by atoms with E-state index in [9.17, 15) is 9.90 Å². The lowest BCUT2D eigenvalue weighted by atomic mass is 9.85. The maximum absolute atomic E-state index is 12.4. The van der Waals surface area contributed by atoms with Gasteiger partial charge in [-0.25, -0.2) is 4.68 Å². The van der Waals surface area contributed by atoms with Gasteiger partial charge >= 0.3 is 0 Å². The van der Waals surface area contributed by atoms with Crippen molar-refractivity contribution in [3.8, 4) is 11.5 Å². The maximum Gasteiger partial charge on any atom is 0.266 e. The Labute approximate surface area is 181 Å². The number of rotatable bonds is 5. The minimum absolute atomic E-state index is 0.121. The fraction of sp³-hybridized carbons (Fsp3) is 0.583. The average molecular weight is 424 g/mol. The van der Waals surface area contributed by atoms with Crippen LogP contribution in [-0.4, -0.2) is 50.7 Å². The van der Waals surface area contributed by atoms with Crippen LogP contribution in [0.5, 0.6) is 11.5 Å². The normalized spacial score (nSPS) is 29.8. The Morgan fingerprint density at radius 3 is 2.48 bits per heavy atom. The second-order valence-corrected chi connectivity index (χ2v) is 9.70. The molecule has 1 N–H and O–H groups in total. The largest absolute Gasteiger partial charge is 0.486 e. The molecule has 1 saturated carbocycles. The summed E-state index contributed by atoms with van der Waals surface area (Å²) in [5.41, 5.74) is 1.20. The molecule has 2 bridgehead atoms. The highest BCUT2D eigenvalue weighted by atomic mass is 16.6. The third-order valence-electron chi connectivity index (χ3n) is 7.30. The summed E-state index contributed by atoms with van der Waals surface area (Å²) in [5.74, 6) is 2.13. The molecule has 1 aliphatic carbocycles. The van der Waals surface area contributed by atoms with Crippen molar-refractivity contribution in [2.75, 3.05) is 13.2 Å². The second kappa shape index (κ2) is 7.35. The number of aromatic nitrogens is 2. The zero-order valence-electron chi connectivity index (χ0n) is 17.7. The summed E-state index contributed by atoms with van der Waals surface area (Å²) in [4.78, 5) is 14.9. The van der Waals surface area contributed by atoms with E-state index in [2.05, 4.69) is 22.1 Å². The number of ether oxygens (including phenoxy) is 2. The highest BCUT2D eigenvalue weighted by Gasteiger charge is 2.47. The third-order valence-corrected chi connectivity index (χ3v) is 7.30. The molecule has 6 rings (SSSR count). The summed E-state index contributed by atoms with van der Waals surface area (Å²) in [6.07, 6.45) is 5.82. The number of fused-ring (bicyclic) bond motifs is 3. The molecular formula is C24H29N3O4. The highest BCUT2D eigenvalue weighted by molar-refractivity contribution is 5.43. The summed E-state index contributed by atoms with van der Waals surface area (Å²) in [6.45, 7) is 2.32. The fourth-order valence-corrected chi connectivity index (χ4v) is 5.65. The molecule has 7 heteroatoms. The van der Waals surface area contributed by atoms with Gasteiger partial charge in [-0.2, -0.15) is 5.10 Å². The van der Waals surface area contributed by atoms with Gasteiger partial charge in [0.25, 0.3) is 5.56 Å². The lowest BCUT2D eigenvalue weighted by Crippen LogP contribution is -2.53. The molecule has 0 spiro atoms. The van der Waals surface area contributed by atoms with Gasteiger partial charge in [-0.3, -0.25) is 9.69 Å². The first-order valence-corrected chi connectivity index (χ1v) is 11.5. The van der Waals surface area contributed by atoms with Gasteiger partial charge in [0.1, 0.15) is 13.2 Å². The number of benzene rings is 1. The maximum atomic E-state index is 12.4. The molecule has 0 unspecified atom stereocenters. The molecule has 0 amide bonds. The molecular weight excluding hydrogens is 394 g/mol. The molecule has 4 aliphatic rings. The van der Waals surface area contributed by atoms with E-state index in [1.807, 2.05) is 12.1 Å². The van der Waals surface area contributed by atoms with Crippen molar-refractivity contribution in [2.45, 2.75) is 75.2 Å². The minimum atomic E-state index is -0.881. The first kappa shape index (κ1) is 19.3. The molecule has 0 radical (unpaired) electrons. The molecule has 164 valence electrons. The molecule has 7 nitrogen and oxygen atoms in total. The smallest absolute Gasteiger partial charge is 0.266 e. The second-order valence-electron chi connectivity index (χ2n) is 9.70. The number of piperidine rings is 1. The molecule has 2 saturated heterocycles. The zero-order valence-corrected chi connectivity index (χ0v) is 17.7. The van der Waals surface area contributed by atoms with Gasteiger partial charge in [-0.05, 0) is 62.3 Å². The lowest BCUT2D eigenvalue weighted by molar-refractivity contribution is -0.0678. The Balaban J connectivity index is 1.17. The fourth-order valence-electron chi connectivity index (χ4n) is 5.65. The Morgan fingerprint density at radius 2 is 1.74 bits per heavy atom. The van der Waals surface area contributed by atoms with Gasteiger partial charge in [-0.1, -0.05) is 6.07 Å². The first-order chi connectivity index (χ1) is 15.1. The average Bonchev–Trinajstić information content (AvgIpc) is 3.57. The van der Waals surface area contributed by atoms with E-state index in [1.165, 1.54) is 10.2 Å². The summed E-state index contributed by atoms with van der Waals surface area (Å²) in [5, 5.41) is 16.0. The van der Waals surface area contributed by atoms with Crippen LogP contribution in [0.2, 0.25) is 0 Å². The van der Waals surface area contributed by atoms with Gasteiger partial charge in [0, 0.05) is 30.6 Å². The molecule has 4 heterocycles. The Kier molecular flexibility index (Phi) is 4.58. The predicted octanol–water partition coefficient (Wildman–Crippen LogP) is 2.45. The van der Waals surface area contributed by atoms with Crippen LogP contribution in [0.3, 0.4) is 0 Å². The summed E-state index contributed by atoms with van der Waals surface area (Å²) < 4.78 is 12.9. The number of nitrogens with zero attached hydrogens (tertiary/aromatic N) is 3. The van der Waals surface area contributed by atoms with Crippen molar-refractivity contribution in [1.82, 2.24) is 14.7 Å². The van der Waals surface area contributed by atoms with Crippen molar-refractivity contribution in [2.24, 2.45) is 0 Å². The lowest BCUT2D eigenvalue weighted by Gasteiger charge is -2.44. The van der Waals surface area contributed by atoms with Crippen LogP contribution in [0.25, 0.3) is 0 Å². The number of hydrogen-bond donors (Lipinski definition) is 1. The summed E-state index contributed by atoms with van der Waals surface area (Å²) in [6, 6.07) is 10.3. The van der Waals surface area contributed by atoms with Crippen LogP contribution in [0.4, 0.5) is 0 Å². The number of hydrogen-bond acceptors (Lipinski definition) is 6. The Morgan fingerprint density at radius 1 is 1.00 bits per heavy atom. The quantitative estimate of drug-likeness (QED) is 0.796. The van der Waals surface area contributed by atoms with Crippen LogP contribution < -0.4 is 15.0 Å². The van der Waals surface area contributed by atoms with E-state index in [1.54, 1.807) is 6.07 Å². The van der Waals surface area contributed by atoms with Crippen molar-refractivity contribution >= 4 is 0 Å².